The Bertz CT molecular complexity index is 2940. The Morgan fingerprint density at radius 1 is 0.938 bits per heavy atom. The van der Waals surface area contributed by atoms with Crippen LogP contribution in [-0.4, -0.2) is 78.3 Å². The van der Waals surface area contributed by atoms with Crippen molar-refractivity contribution in [2.75, 3.05) is 6.54 Å². The number of alkyl halides is 5. The number of nitrogens with zero attached hydrogens (tertiary/aromatic N) is 10. The summed E-state index contributed by atoms with van der Waals surface area (Å²) in [6.07, 6.45) is 11.8. The summed E-state index contributed by atoms with van der Waals surface area (Å²) >= 11 is 0. The van der Waals surface area contributed by atoms with Crippen LogP contribution in [0.25, 0.3) is 28.3 Å². The summed E-state index contributed by atoms with van der Waals surface area (Å²) in [5, 5.41) is 10.6. The summed E-state index contributed by atoms with van der Waals surface area (Å²) in [5.74, 6) is 0.431. The van der Waals surface area contributed by atoms with Gasteiger partial charge in [-0.3, -0.25) is 28.5 Å². The minimum Gasteiger partial charge on any atom is -0.348 e. The van der Waals surface area contributed by atoms with E-state index in [1.54, 1.807) is 36.9 Å². The first-order valence-corrected chi connectivity index (χ1v) is 22.2. The van der Waals surface area contributed by atoms with E-state index in [-0.39, 0.29) is 60.1 Å². The van der Waals surface area contributed by atoms with Crippen molar-refractivity contribution in [2.24, 2.45) is 5.41 Å². The molecule has 0 radical (unpaired) electrons. The number of pyridine rings is 2. The topological polar surface area (TPSA) is 150 Å². The normalized spacial score (nSPS) is 21.6. The van der Waals surface area contributed by atoms with Crippen molar-refractivity contribution in [3.05, 3.63) is 106 Å². The SMILES string of the molecule is CC(C)(Cn1nc(C(F)(F)F)cc1-c1ccn(C2CC2)c(=O)c1)NC(=O)[C@@H](Cc1cnn(C(F)F)c1)N1CCC2(CC2c2ccc(-c3cnc4nc(C5CC5)cn4c3)nc2C2CC2)C1=O. The number of rotatable bonds is 14. The molecule has 1 spiro atoms. The Labute approximate surface area is 368 Å². The van der Waals surface area contributed by atoms with E-state index in [2.05, 4.69) is 31.5 Å². The second kappa shape index (κ2) is 14.9. The fourth-order valence-electron chi connectivity index (χ4n) is 9.77. The molecular formula is C46H46F5N11O3. The van der Waals surface area contributed by atoms with Crippen LogP contribution in [0.15, 0.2) is 72.3 Å². The molecule has 2 amide bonds. The first-order chi connectivity index (χ1) is 31.0. The van der Waals surface area contributed by atoms with E-state index in [1.165, 1.54) is 17.2 Å². The van der Waals surface area contributed by atoms with E-state index in [1.807, 2.05) is 22.9 Å². The molecule has 338 valence electrons. The van der Waals surface area contributed by atoms with Crippen LogP contribution in [0.1, 0.15) is 124 Å². The molecule has 6 aromatic rings. The van der Waals surface area contributed by atoms with Gasteiger partial charge in [0.15, 0.2) is 5.69 Å². The molecule has 5 aliphatic rings. The van der Waals surface area contributed by atoms with Gasteiger partial charge in [0.2, 0.25) is 17.6 Å². The van der Waals surface area contributed by atoms with Crippen molar-refractivity contribution in [2.45, 2.75) is 126 Å². The lowest BCUT2D eigenvalue weighted by atomic mass is 9.94. The van der Waals surface area contributed by atoms with Crippen LogP contribution in [0.5, 0.6) is 0 Å². The molecule has 5 fully saturated rings. The average molecular weight is 896 g/mol. The van der Waals surface area contributed by atoms with Crippen molar-refractivity contribution >= 4 is 17.6 Å². The molecule has 7 heterocycles. The minimum absolute atomic E-state index is 0.0404. The first kappa shape index (κ1) is 41.4. The van der Waals surface area contributed by atoms with Crippen LogP contribution in [0.4, 0.5) is 22.0 Å². The van der Waals surface area contributed by atoms with Crippen molar-refractivity contribution < 1.29 is 31.5 Å². The number of aromatic nitrogens is 9. The van der Waals surface area contributed by atoms with E-state index < -0.39 is 41.3 Å². The number of halogens is 5. The smallest absolute Gasteiger partial charge is 0.348 e. The van der Waals surface area contributed by atoms with Gasteiger partial charge in [-0.25, -0.2) is 14.6 Å². The van der Waals surface area contributed by atoms with Crippen LogP contribution < -0.4 is 10.9 Å². The number of nitrogens with one attached hydrogen (secondary N) is 1. The zero-order chi connectivity index (χ0) is 45.2. The van der Waals surface area contributed by atoms with Gasteiger partial charge >= 0.3 is 12.7 Å². The summed E-state index contributed by atoms with van der Waals surface area (Å²) < 4.78 is 74.7. The van der Waals surface area contributed by atoms with E-state index in [0.29, 0.717) is 34.8 Å². The molecule has 6 aromatic heterocycles. The Morgan fingerprint density at radius 2 is 1.72 bits per heavy atom. The molecule has 14 nitrogen and oxygen atoms in total. The molecule has 4 saturated carbocycles. The third-order valence-electron chi connectivity index (χ3n) is 13.7. The number of hydrogen-bond donors (Lipinski definition) is 1. The number of carbonyl (C=O) groups excluding carboxylic acids is 2. The summed E-state index contributed by atoms with van der Waals surface area (Å²) in [7, 11) is 0. The number of imidazole rings is 1. The van der Waals surface area contributed by atoms with Crippen molar-refractivity contribution in [3.8, 4) is 22.5 Å². The molecule has 2 unspecified atom stereocenters. The van der Waals surface area contributed by atoms with Crippen molar-refractivity contribution in [1.82, 2.24) is 53.7 Å². The molecule has 65 heavy (non-hydrogen) atoms. The molecule has 0 bridgehead atoms. The minimum atomic E-state index is -4.79. The zero-order valence-corrected chi connectivity index (χ0v) is 35.7. The van der Waals surface area contributed by atoms with Gasteiger partial charge in [-0.2, -0.15) is 32.1 Å². The summed E-state index contributed by atoms with van der Waals surface area (Å²) in [6, 6.07) is 6.69. The Balaban J connectivity index is 0.855. The van der Waals surface area contributed by atoms with E-state index in [9.17, 15) is 36.3 Å². The molecule has 11 rings (SSSR count). The molecule has 1 saturated heterocycles. The Morgan fingerprint density at radius 3 is 2.42 bits per heavy atom. The summed E-state index contributed by atoms with van der Waals surface area (Å²) in [5.41, 5.74) is 1.69. The number of carbonyl (C=O) groups is 2. The maximum absolute atomic E-state index is 14.8. The zero-order valence-electron chi connectivity index (χ0n) is 35.7. The van der Waals surface area contributed by atoms with Gasteiger partial charge in [-0.15, -0.1) is 0 Å². The van der Waals surface area contributed by atoms with Crippen LogP contribution in [-0.2, 0) is 28.7 Å². The lowest BCUT2D eigenvalue weighted by molar-refractivity contribution is -0.141. The van der Waals surface area contributed by atoms with E-state index >= 15 is 0 Å². The lowest BCUT2D eigenvalue weighted by Gasteiger charge is -2.33. The molecule has 4 aliphatic carbocycles. The third kappa shape index (κ3) is 7.79. The molecular weight excluding hydrogens is 850 g/mol. The van der Waals surface area contributed by atoms with Crippen LogP contribution in [0.2, 0.25) is 0 Å². The van der Waals surface area contributed by atoms with Gasteiger partial charge in [0.05, 0.1) is 40.8 Å². The van der Waals surface area contributed by atoms with Gasteiger partial charge in [0, 0.05) is 90.6 Å². The maximum Gasteiger partial charge on any atom is 0.435 e. The largest absolute Gasteiger partial charge is 0.435 e. The predicted octanol–water partition coefficient (Wildman–Crippen LogP) is 7.43. The second-order valence-corrected chi connectivity index (χ2v) is 19.3. The van der Waals surface area contributed by atoms with Gasteiger partial charge in [-0.05, 0) is 94.5 Å². The molecule has 19 heteroatoms. The summed E-state index contributed by atoms with van der Waals surface area (Å²) in [4.78, 5) is 58.2. The first-order valence-electron chi connectivity index (χ1n) is 22.2. The highest BCUT2D eigenvalue weighted by atomic mass is 19.4. The number of hydrogen-bond acceptors (Lipinski definition) is 8. The van der Waals surface area contributed by atoms with Gasteiger partial charge in [-0.1, -0.05) is 6.07 Å². The highest BCUT2D eigenvalue weighted by molar-refractivity contribution is 5.95. The molecule has 1 aliphatic heterocycles. The molecule has 1 N–H and O–H groups in total. The quantitative estimate of drug-likeness (QED) is 0.111. The number of amides is 2. The van der Waals surface area contributed by atoms with Gasteiger partial charge in [0.1, 0.15) is 6.04 Å². The molecule has 3 atom stereocenters. The van der Waals surface area contributed by atoms with Gasteiger partial charge < -0.3 is 14.8 Å². The summed E-state index contributed by atoms with van der Waals surface area (Å²) in [6.45, 7) is 0.305. The highest BCUT2D eigenvalue weighted by Crippen LogP contribution is 2.66. The van der Waals surface area contributed by atoms with Crippen molar-refractivity contribution in [3.63, 3.8) is 0 Å². The fraction of sp³-hybridized carbons (Fsp3) is 0.478. The van der Waals surface area contributed by atoms with E-state index in [4.69, 9.17) is 4.98 Å². The van der Waals surface area contributed by atoms with Crippen LogP contribution in [0, 0.1) is 5.41 Å². The fourth-order valence-corrected chi connectivity index (χ4v) is 9.77. The second-order valence-electron chi connectivity index (χ2n) is 19.3. The average Bonchev–Trinajstić information content (AvgIpc) is 4.13. The van der Waals surface area contributed by atoms with Crippen LogP contribution in [0.3, 0.4) is 0 Å². The monoisotopic (exact) mass is 895 g/mol. The number of fused-ring (bicyclic) bond motifs is 1. The van der Waals surface area contributed by atoms with Crippen molar-refractivity contribution in [1.29, 1.82) is 0 Å². The highest BCUT2D eigenvalue weighted by Gasteiger charge is 2.66. The maximum atomic E-state index is 14.8. The third-order valence-corrected chi connectivity index (χ3v) is 13.7. The van der Waals surface area contributed by atoms with Gasteiger partial charge in [0.25, 0.3) is 5.56 Å². The standard InChI is InChI=1S/C46H46F5N11O3/c1-44(2,24-62-35(17-37(57-62)46(49,50)51)28-11-13-59(30-7-8-30)38(63)16-28)56-40(64)36(15-25-19-53-61(21-25)42(47)48)60-14-12-45(41(60)65)18-32(45)31-9-10-33(54-39(31)27-5-6-27)29-20-52-43-55-34(26-3-4-26)23-58(43)22-29/h9-11,13,16-17,19-23,26-27,30,32,36,42H,3-8,12,14-15,18,24H2,1-2H3,(H,56,64)/t32?,36-,45?/m1/s1. The number of likely N-dealkylation sites (tertiary alicyclic amines) is 1. The predicted molar refractivity (Wildman–Crippen MR) is 225 cm³/mol. The Hall–Kier alpha value is -6.27. The van der Waals surface area contributed by atoms with E-state index in [0.717, 1.165) is 83.7 Å². The lowest BCUT2D eigenvalue weighted by Crippen LogP contribution is -2.56. The van der Waals surface area contributed by atoms with Crippen LogP contribution >= 0.6 is 0 Å². The Kier molecular flexibility index (Phi) is 9.49. The molecule has 0 aromatic carbocycles.